The number of pyridine rings is 1. The molecule has 410 valence electrons. The second-order valence-corrected chi connectivity index (χ2v) is 22.9. The number of hydrogen-bond acceptors (Lipinski definition) is 12. The van der Waals surface area contributed by atoms with Crippen molar-refractivity contribution in [1.29, 1.82) is 0 Å². The Labute approximate surface area is 429 Å². The van der Waals surface area contributed by atoms with E-state index in [0.717, 1.165) is 49.6 Å². The predicted octanol–water partition coefficient (Wildman–Crippen LogP) is 6.45. The van der Waals surface area contributed by atoms with Crippen molar-refractivity contribution in [3.63, 3.8) is 0 Å². The first-order chi connectivity index (χ1) is 34.8. The van der Waals surface area contributed by atoms with Gasteiger partial charge in [0.25, 0.3) is 11.8 Å². The van der Waals surface area contributed by atoms with Crippen molar-refractivity contribution in [1.82, 2.24) is 34.8 Å². The maximum Gasteiger partial charge on any atom is 0.435 e. The van der Waals surface area contributed by atoms with E-state index in [2.05, 4.69) is 32.3 Å². The topological polar surface area (TPSA) is 244 Å². The molecule has 2 aromatic carbocycles. The van der Waals surface area contributed by atoms with Gasteiger partial charge in [0.2, 0.25) is 15.9 Å². The van der Waals surface area contributed by atoms with Gasteiger partial charge in [0.15, 0.2) is 21.3 Å². The summed E-state index contributed by atoms with van der Waals surface area (Å²) in [5.41, 5.74) is -6.72. The van der Waals surface area contributed by atoms with Crippen LogP contribution in [0.5, 0.6) is 0 Å². The number of amides is 2. The van der Waals surface area contributed by atoms with Crippen LogP contribution in [-0.2, 0) is 70.6 Å². The summed E-state index contributed by atoms with van der Waals surface area (Å²) in [6.07, 6.45) is -11.2. The molecule has 3 aromatic heterocycles. The summed E-state index contributed by atoms with van der Waals surface area (Å²) in [5.74, 6) is -10.3. The number of sulfonamides is 1. The van der Waals surface area contributed by atoms with Gasteiger partial charge in [0.1, 0.15) is 40.9 Å². The molecule has 0 saturated heterocycles. The molecule has 2 amide bonds. The third kappa shape index (κ3) is 13.0. The second-order valence-electron chi connectivity index (χ2n) is 18.1. The van der Waals surface area contributed by atoms with E-state index in [1.54, 1.807) is 0 Å². The maximum atomic E-state index is 15.4. The van der Waals surface area contributed by atoms with E-state index in [4.69, 9.17) is 11.6 Å². The first-order valence-corrected chi connectivity index (χ1v) is 25.9. The van der Waals surface area contributed by atoms with Crippen LogP contribution < -0.4 is 9.62 Å². The number of aliphatic carboxylic acids is 2. The highest BCUT2D eigenvalue weighted by Crippen LogP contribution is 2.52. The fourth-order valence-electron chi connectivity index (χ4n) is 8.31. The number of benzene rings is 2. The number of carboxylic acids is 2. The predicted molar refractivity (Wildman–Crippen MR) is 249 cm³/mol. The normalized spacial score (nSPS) is 15.3. The number of halogens is 11. The summed E-state index contributed by atoms with van der Waals surface area (Å²) in [7, 11) is -9.00. The fourth-order valence-corrected chi connectivity index (χ4v) is 9.65. The lowest BCUT2D eigenvalue weighted by Crippen LogP contribution is -2.46. The number of hydrogen-bond donors (Lipinski definition) is 3. The highest BCUT2D eigenvalue weighted by Gasteiger charge is 2.53. The van der Waals surface area contributed by atoms with Crippen LogP contribution in [0.15, 0.2) is 42.5 Å². The van der Waals surface area contributed by atoms with Gasteiger partial charge in [-0.1, -0.05) is 30.5 Å². The Balaban J connectivity index is 1.66. The standard InChI is InChI=1S/C45H41ClF10N8O10S2/c1-22-16-43(49,50)40-35(22)39(45(54,55)56)59-62(40)17-31(65)58-30(14-23-12-24(47)15-25(48)13-23)37-27(7-6-26(57-37)10-11-42(2,3)75(4,71)72)28-8-9-29(46)36-38(28)63(21-44(51,52)53)60-41(36)64(76(5,73)74)32(66)18-61(19-33(67)68)20-34(69)70/h6-9,12-13,15,22,30H,14,16-21H2,1-5H3,(H,58,65)(H,67,68)(H,69,70)/t22-,30-/m0/s1. The van der Waals surface area contributed by atoms with Gasteiger partial charge in [-0.3, -0.25) is 33.4 Å². The smallest absolute Gasteiger partial charge is 0.435 e. The lowest BCUT2D eigenvalue weighted by atomic mass is 9.93. The van der Waals surface area contributed by atoms with E-state index in [0.29, 0.717) is 17.2 Å². The quantitative estimate of drug-likeness (QED) is 0.0670. The number of aromatic nitrogens is 5. The van der Waals surface area contributed by atoms with Crippen LogP contribution in [0.3, 0.4) is 0 Å². The zero-order valence-electron chi connectivity index (χ0n) is 39.9. The van der Waals surface area contributed by atoms with Crippen LogP contribution in [0, 0.1) is 23.5 Å². The summed E-state index contributed by atoms with van der Waals surface area (Å²) in [5, 5.41) is 26.9. The number of alkyl halides is 8. The molecule has 6 rings (SSSR count). The van der Waals surface area contributed by atoms with Gasteiger partial charge in [0, 0.05) is 35.4 Å². The minimum atomic E-state index is -5.29. The Morgan fingerprint density at radius 1 is 0.895 bits per heavy atom. The van der Waals surface area contributed by atoms with E-state index in [9.17, 15) is 81.4 Å². The van der Waals surface area contributed by atoms with Crippen LogP contribution >= 0.6 is 11.6 Å². The van der Waals surface area contributed by atoms with Crippen molar-refractivity contribution in [3.05, 3.63) is 93.0 Å². The highest BCUT2D eigenvalue weighted by atomic mass is 35.5. The number of carbonyl (C=O) groups excluding carboxylic acids is 2. The van der Waals surface area contributed by atoms with Gasteiger partial charge in [-0.05, 0) is 68.0 Å². The second kappa shape index (κ2) is 20.9. The molecular weight excluding hydrogens is 1100 g/mol. The molecule has 0 saturated carbocycles. The van der Waals surface area contributed by atoms with E-state index in [-0.39, 0.29) is 24.9 Å². The summed E-state index contributed by atoms with van der Waals surface area (Å²) >= 11 is 6.60. The van der Waals surface area contributed by atoms with Crippen molar-refractivity contribution in [2.45, 2.75) is 81.7 Å². The molecule has 2 atom stereocenters. The lowest BCUT2D eigenvalue weighted by molar-refractivity contribution is -0.143. The molecular formula is C45H41ClF10N8O10S2. The van der Waals surface area contributed by atoms with Crippen molar-refractivity contribution in [3.8, 4) is 23.0 Å². The average molecular weight is 1140 g/mol. The van der Waals surface area contributed by atoms with Crippen LogP contribution in [0.4, 0.5) is 49.7 Å². The molecule has 0 radical (unpaired) electrons. The molecule has 1 aliphatic carbocycles. The van der Waals surface area contributed by atoms with E-state index in [1.165, 1.54) is 13.8 Å². The van der Waals surface area contributed by atoms with Gasteiger partial charge >= 0.3 is 24.3 Å². The Kier molecular flexibility index (Phi) is 16.1. The fraction of sp³-hybridized carbons (Fsp3) is 0.400. The monoisotopic (exact) mass is 1140 g/mol. The Hall–Kier alpha value is -6.84. The number of fused-ring (bicyclic) bond motifs is 2. The number of rotatable bonds is 17. The van der Waals surface area contributed by atoms with Crippen LogP contribution in [-0.4, -0.2) is 123 Å². The van der Waals surface area contributed by atoms with Gasteiger partial charge in [-0.15, -0.1) is 0 Å². The first-order valence-electron chi connectivity index (χ1n) is 21.8. The molecule has 0 spiro atoms. The average Bonchev–Trinajstić information content (AvgIpc) is 3.87. The number of nitrogens with zero attached hydrogens (tertiary/aromatic N) is 7. The molecule has 18 nitrogen and oxygen atoms in total. The molecule has 0 aliphatic heterocycles. The molecule has 0 fully saturated rings. The molecule has 0 unspecified atom stereocenters. The van der Waals surface area contributed by atoms with Gasteiger partial charge in [-0.2, -0.15) is 49.6 Å². The summed E-state index contributed by atoms with van der Waals surface area (Å²) in [6, 6.07) is 4.22. The van der Waals surface area contributed by atoms with E-state index >= 15 is 8.78 Å². The molecule has 1 aliphatic rings. The summed E-state index contributed by atoms with van der Waals surface area (Å²) in [4.78, 5) is 56.1. The SMILES string of the molecule is C[C@H]1CC(F)(F)c2c1c(C(F)(F)F)nn2CC(=O)N[C@@H](Cc1cc(F)cc(F)c1)c1nc(C#CC(C)(C)S(C)(=O)=O)ccc1-c1ccc(Cl)c2c(N(C(=O)CN(CC(=O)O)CC(=O)O)S(C)(=O)=O)nn(CC(F)(F)F)c12. The number of sulfone groups is 1. The molecule has 3 heterocycles. The Morgan fingerprint density at radius 2 is 1.49 bits per heavy atom. The molecule has 3 N–H and O–H groups in total. The minimum Gasteiger partial charge on any atom is -0.480 e. The largest absolute Gasteiger partial charge is 0.480 e. The molecule has 0 bridgehead atoms. The summed E-state index contributed by atoms with van der Waals surface area (Å²) < 4.78 is 197. The van der Waals surface area contributed by atoms with Gasteiger partial charge < -0.3 is 15.5 Å². The minimum absolute atomic E-state index is 0.122. The number of anilines is 1. The first kappa shape index (κ1) is 58.4. The number of carbonyl (C=O) groups is 4. The van der Waals surface area contributed by atoms with Crippen molar-refractivity contribution in [2.24, 2.45) is 0 Å². The van der Waals surface area contributed by atoms with Crippen LogP contribution in [0.25, 0.3) is 22.0 Å². The molecule has 31 heteroatoms. The number of nitrogens with one attached hydrogen (secondary N) is 1. The highest BCUT2D eigenvalue weighted by molar-refractivity contribution is 7.93. The van der Waals surface area contributed by atoms with Crippen LogP contribution in [0.1, 0.15) is 73.1 Å². The van der Waals surface area contributed by atoms with Gasteiger partial charge in [0.05, 0.1) is 53.6 Å². The van der Waals surface area contributed by atoms with Crippen molar-refractivity contribution in [2.75, 3.05) is 36.5 Å². The van der Waals surface area contributed by atoms with Crippen LogP contribution in [0.2, 0.25) is 5.02 Å². The van der Waals surface area contributed by atoms with Crippen molar-refractivity contribution >= 4 is 71.9 Å². The third-order valence-corrected chi connectivity index (χ3v) is 14.9. The molecule has 76 heavy (non-hydrogen) atoms. The molecule has 5 aromatic rings. The van der Waals surface area contributed by atoms with E-state index in [1.807, 2.05) is 0 Å². The summed E-state index contributed by atoms with van der Waals surface area (Å²) in [6.45, 7) is -3.60. The third-order valence-electron chi connectivity index (χ3n) is 11.6. The zero-order chi connectivity index (χ0) is 57.0. The lowest BCUT2D eigenvalue weighted by Gasteiger charge is -2.24. The Morgan fingerprint density at radius 3 is 2.03 bits per heavy atom. The zero-order valence-corrected chi connectivity index (χ0v) is 42.3. The number of carboxylic acid groups (broad SMARTS) is 2. The maximum absolute atomic E-state index is 15.4. The van der Waals surface area contributed by atoms with E-state index < -0.39 is 191 Å². The van der Waals surface area contributed by atoms with Crippen molar-refractivity contribution < 1.29 is 90.1 Å². The van der Waals surface area contributed by atoms with Gasteiger partial charge in [-0.25, -0.2) is 30.6 Å². The Bertz CT molecular complexity index is 3450.